The molecule has 0 spiro atoms. The average Bonchev–Trinajstić information content (AvgIpc) is 2.78. The molecule has 0 saturated heterocycles. The number of nitriles is 1. The molecule has 0 aromatic heterocycles. The number of carboxylic acids is 1. The highest BCUT2D eigenvalue weighted by Gasteiger charge is 2.23. The first-order valence-electron chi connectivity index (χ1n) is 9.50. The molecule has 0 aliphatic carbocycles. The van der Waals surface area contributed by atoms with E-state index in [1.165, 1.54) is 24.3 Å². The fourth-order valence-electron chi connectivity index (χ4n) is 3.67. The van der Waals surface area contributed by atoms with Gasteiger partial charge in [0.1, 0.15) is 6.04 Å². The second-order valence-electron chi connectivity index (χ2n) is 7.05. The maximum Gasteiger partial charge on any atom is 0.326 e. The number of aliphatic carboxylic acids is 1. The number of fused-ring (bicyclic) bond motifs is 2. The van der Waals surface area contributed by atoms with Crippen molar-refractivity contribution < 1.29 is 14.7 Å². The highest BCUT2D eigenvalue weighted by molar-refractivity contribution is 6.03. The highest BCUT2D eigenvalue weighted by Crippen LogP contribution is 2.29. The molecule has 2 N–H and O–H groups in total. The molecule has 1 amide bonds. The van der Waals surface area contributed by atoms with Crippen molar-refractivity contribution in [2.45, 2.75) is 12.5 Å². The molecule has 1 atom stereocenters. The molecule has 146 valence electrons. The number of benzene rings is 4. The van der Waals surface area contributed by atoms with E-state index in [0.29, 0.717) is 11.1 Å². The fraction of sp³-hybridized carbons (Fsp3) is 0.0800. The van der Waals surface area contributed by atoms with Gasteiger partial charge in [0.25, 0.3) is 5.91 Å². The number of carboxylic acid groups (broad SMARTS) is 1. The third kappa shape index (κ3) is 3.71. The summed E-state index contributed by atoms with van der Waals surface area (Å²) in [4.78, 5) is 24.6. The van der Waals surface area contributed by atoms with E-state index in [0.717, 1.165) is 27.1 Å². The van der Waals surface area contributed by atoms with Crippen LogP contribution in [0.1, 0.15) is 21.5 Å². The van der Waals surface area contributed by atoms with Crippen molar-refractivity contribution >= 4 is 33.4 Å². The number of carbonyl (C=O) groups is 2. The summed E-state index contributed by atoms with van der Waals surface area (Å²) in [5.41, 5.74) is 1.63. The molecule has 0 fully saturated rings. The molecule has 0 aliphatic rings. The minimum atomic E-state index is -1.10. The molecule has 4 rings (SSSR count). The fourth-order valence-corrected chi connectivity index (χ4v) is 3.67. The molecular formula is C25H18N2O3. The lowest BCUT2D eigenvalue weighted by Gasteiger charge is -2.18. The van der Waals surface area contributed by atoms with E-state index >= 15 is 0 Å². The van der Waals surface area contributed by atoms with Gasteiger partial charge in [0.05, 0.1) is 11.6 Å². The topological polar surface area (TPSA) is 90.2 Å². The molecule has 4 aromatic carbocycles. The van der Waals surface area contributed by atoms with Crippen molar-refractivity contribution in [3.8, 4) is 6.07 Å². The summed E-state index contributed by atoms with van der Waals surface area (Å²) in [7, 11) is 0. The van der Waals surface area contributed by atoms with Gasteiger partial charge in [0.2, 0.25) is 0 Å². The maximum absolute atomic E-state index is 12.6. The van der Waals surface area contributed by atoms with Gasteiger partial charge in [-0.15, -0.1) is 0 Å². The molecule has 0 unspecified atom stereocenters. The minimum absolute atomic E-state index is 0.152. The van der Waals surface area contributed by atoms with E-state index in [-0.39, 0.29) is 6.42 Å². The highest BCUT2D eigenvalue weighted by atomic mass is 16.4. The number of hydrogen-bond donors (Lipinski definition) is 2. The van der Waals surface area contributed by atoms with Crippen LogP contribution in [0.15, 0.2) is 78.9 Å². The van der Waals surface area contributed by atoms with Crippen molar-refractivity contribution in [1.29, 1.82) is 5.26 Å². The van der Waals surface area contributed by atoms with Crippen LogP contribution in [0.2, 0.25) is 0 Å². The quantitative estimate of drug-likeness (QED) is 0.494. The summed E-state index contributed by atoms with van der Waals surface area (Å²) in [5.74, 6) is -1.59. The van der Waals surface area contributed by atoms with Crippen molar-refractivity contribution in [2.75, 3.05) is 0 Å². The summed E-state index contributed by atoms with van der Waals surface area (Å²) >= 11 is 0. The first-order chi connectivity index (χ1) is 14.6. The molecular weight excluding hydrogens is 376 g/mol. The van der Waals surface area contributed by atoms with Gasteiger partial charge >= 0.3 is 5.97 Å². The summed E-state index contributed by atoms with van der Waals surface area (Å²) in [5, 5.41) is 25.3. The van der Waals surface area contributed by atoms with Gasteiger partial charge in [0, 0.05) is 12.0 Å². The lowest BCUT2D eigenvalue weighted by atomic mass is 9.92. The lowest BCUT2D eigenvalue weighted by molar-refractivity contribution is -0.139. The molecule has 0 bridgehead atoms. The van der Waals surface area contributed by atoms with Crippen LogP contribution in [-0.4, -0.2) is 23.0 Å². The smallest absolute Gasteiger partial charge is 0.326 e. The Bertz CT molecular complexity index is 1250. The van der Waals surface area contributed by atoms with Gasteiger partial charge in [-0.1, -0.05) is 48.5 Å². The second-order valence-corrected chi connectivity index (χ2v) is 7.05. The van der Waals surface area contributed by atoms with Gasteiger partial charge in [-0.2, -0.15) is 5.26 Å². The van der Waals surface area contributed by atoms with E-state index in [1.54, 1.807) is 0 Å². The average molecular weight is 394 g/mol. The van der Waals surface area contributed by atoms with Gasteiger partial charge in [-0.3, -0.25) is 4.79 Å². The Labute approximate surface area is 173 Å². The molecule has 4 aromatic rings. The number of nitrogens with zero attached hydrogens (tertiary/aromatic N) is 1. The Kier molecular flexibility index (Phi) is 5.15. The van der Waals surface area contributed by atoms with Crippen LogP contribution in [-0.2, 0) is 11.2 Å². The maximum atomic E-state index is 12.6. The third-order valence-corrected chi connectivity index (χ3v) is 5.17. The summed E-state index contributed by atoms with van der Waals surface area (Å²) in [6, 6.07) is 24.7. The zero-order valence-corrected chi connectivity index (χ0v) is 16.0. The Hall–Kier alpha value is -4.17. The molecule has 0 aliphatic heterocycles. The molecule has 5 heteroatoms. The van der Waals surface area contributed by atoms with Crippen molar-refractivity contribution in [3.63, 3.8) is 0 Å². The molecule has 30 heavy (non-hydrogen) atoms. The van der Waals surface area contributed by atoms with Crippen molar-refractivity contribution in [1.82, 2.24) is 5.32 Å². The van der Waals surface area contributed by atoms with Gasteiger partial charge in [-0.05, 0) is 57.4 Å². The number of amides is 1. The van der Waals surface area contributed by atoms with Gasteiger partial charge < -0.3 is 10.4 Å². The van der Waals surface area contributed by atoms with Crippen LogP contribution >= 0.6 is 0 Å². The zero-order valence-electron chi connectivity index (χ0n) is 16.0. The van der Waals surface area contributed by atoms with E-state index in [2.05, 4.69) is 11.4 Å². The van der Waals surface area contributed by atoms with Crippen LogP contribution in [0.25, 0.3) is 21.5 Å². The van der Waals surface area contributed by atoms with Gasteiger partial charge in [-0.25, -0.2) is 4.79 Å². The summed E-state index contributed by atoms with van der Waals surface area (Å²) < 4.78 is 0. The predicted molar refractivity (Wildman–Crippen MR) is 115 cm³/mol. The number of carbonyl (C=O) groups excluding carboxylic acids is 1. The van der Waals surface area contributed by atoms with E-state index < -0.39 is 17.9 Å². The number of hydrogen-bond acceptors (Lipinski definition) is 3. The standard InChI is InChI=1S/C25H18N2O3/c26-15-16-9-11-17(12-10-16)24(28)27-23(25(29)30)14-22-20-7-3-1-5-18(20)13-19-6-2-4-8-21(19)22/h1-13,23H,14H2,(H,27,28)(H,29,30)/t23-/m1/s1. The monoisotopic (exact) mass is 394 g/mol. The first kappa shape index (κ1) is 19.2. The largest absolute Gasteiger partial charge is 0.480 e. The molecule has 0 heterocycles. The molecule has 5 nitrogen and oxygen atoms in total. The third-order valence-electron chi connectivity index (χ3n) is 5.17. The SMILES string of the molecule is N#Cc1ccc(C(=O)N[C@H](Cc2c3ccccc3cc3ccccc23)C(=O)O)cc1. The Morgan fingerprint density at radius 1 is 0.900 bits per heavy atom. The molecule has 0 saturated carbocycles. The zero-order chi connectivity index (χ0) is 21.1. The van der Waals surface area contributed by atoms with Crippen LogP contribution in [0, 0.1) is 11.3 Å². The van der Waals surface area contributed by atoms with Gasteiger partial charge in [0.15, 0.2) is 0 Å². The minimum Gasteiger partial charge on any atom is -0.480 e. The Balaban J connectivity index is 1.71. The number of rotatable bonds is 5. The van der Waals surface area contributed by atoms with Crippen molar-refractivity contribution in [2.24, 2.45) is 0 Å². The number of nitrogens with one attached hydrogen (secondary N) is 1. The van der Waals surface area contributed by atoms with Crippen LogP contribution in [0.4, 0.5) is 0 Å². The van der Waals surface area contributed by atoms with E-state index in [9.17, 15) is 14.7 Å². The summed E-state index contributed by atoms with van der Waals surface area (Å²) in [6.07, 6.45) is 0.152. The van der Waals surface area contributed by atoms with Crippen LogP contribution in [0.5, 0.6) is 0 Å². The van der Waals surface area contributed by atoms with E-state index in [4.69, 9.17) is 5.26 Å². The van der Waals surface area contributed by atoms with Crippen LogP contribution in [0.3, 0.4) is 0 Å². The van der Waals surface area contributed by atoms with E-state index in [1.807, 2.05) is 54.6 Å². The molecule has 0 radical (unpaired) electrons. The Morgan fingerprint density at radius 3 is 2.00 bits per heavy atom. The predicted octanol–water partition coefficient (Wildman–Crippen LogP) is 4.29. The first-order valence-corrected chi connectivity index (χ1v) is 9.50. The summed E-state index contributed by atoms with van der Waals surface area (Å²) in [6.45, 7) is 0. The normalized spacial score (nSPS) is 11.7. The Morgan fingerprint density at radius 2 is 1.47 bits per heavy atom. The van der Waals surface area contributed by atoms with Crippen molar-refractivity contribution in [3.05, 3.63) is 95.6 Å². The second kappa shape index (κ2) is 8.06. The van der Waals surface area contributed by atoms with Crippen LogP contribution < -0.4 is 5.32 Å². The lowest BCUT2D eigenvalue weighted by Crippen LogP contribution is -2.42.